The van der Waals surface area contributed by atoms with Gasteiger partial charge in [-0.15, -0.1) is 0 Å². The highest BCUT2D eigenvalue weighted by Crippen LogP contribution is 2.38. The lowest BCUT2D eigenvalue weighted by Gasteiger charge is -2.40. The predicted molar refractivity (Wildman–Crippen MR) is 44.2 cm³/mol. The van der Waals surface area contributed by atoms with Crippen molar-refractivity contribution in [2.75, 3.05) is 0 Å². The van der Waals surface area contributed by atoms with E-state index >= 15 is 0 Å². The highest BCUT2D eigenvalue weighted by molar-refractivity contribution is 4.88. The second-order valence-corrected chi connectivity index (χ2v) is 4.57. The van der Waals surface area contributed by atoms with Crippen molar-refractivity contribution < 1.29 is 10.2 Å². The third-order valence-corrected chi connectivity index (χ3v) is 2.74. The van der Waals surface area contributed by atoms with Gasteiger partial charge in [-0.3, -0.25) is 0 Å². The summed E-state index contributed by atoms with van der Waals surface area (Å²) in [7, 11) is 0. The lowest BCUT2D eigenvalue weighted by Crippen LogP contribution is -2.41. The second kappa shape index (κ2) is 2.76. The maximum absolute atomic E-state index is 9.52. The van der Waals surface area contributed by atoms with Crippen molar-refractivity contribution in [2.24, 2.45) is 11.3 Å². The molecule has 1 aliphatic rings. The van der Waals surface area contributed by atoms with Crippen molar-refractivity contribution in [3.05, 3.63) is 0 Å². The molecule has 2 N–H and O–H groups in total. The largest absolute Gasteiger partial charge is 0.393 e. The molecule has 1 rings (SSSR count). The van der Waals surface area contributed by atoms with Crippen LogP contribution in [0.2, 0.25) is 0 Å². The van der Waals surface area contributed by atoms with Crippen LogP contribution >= 0.6 is 0 Å². The van der Waals surface area contributed by atoms with Crippen LogP contribution in [0.3, 0.4) is 0 Å². The van der Waals surface area contributed by atoms with E-state index in [-0.39, 0.29) is 23.5 Å². The van der Waals surface area contributed by atoms with Gasteiger partial charge in [0.15, 0.2) is 0 Å². The molecule has 0 amide bonds. The van der Waals surface area contributed by atoms with Crippen LogP contribution in [0, 0.1) is 11.3 Å². The van der Waals surface area contributed by atoms with E-state index < -0.39 is 0 Å². The molecular weight excluding hydrogens is 140 g/mol. The van der Waals surface area contributed by atoms with Gasteiger partial charge in [0.25, 0.3) is 0 Å². The molecule has 0 aromatic rings. The molecule has 0 aliphatic heterocycles. The zero-order valence-corrected chi connectivity index (χ0v) is 7.54. The van der Waals surface area contributed by atoms with E-state index in [2.05, 4.69) is 13.8 Å². The van der Waals surface area contributed by atoms with Gasteiger partial charge in [0.05, 0.1) is 12.2 Å². The summed E-state index contributed by atoms with van der Waals surface area (Å²) >= 11 is 0. The Balaban J connectivity index is 2.62. The molecule has 66 valence electrons. The standard InChI is InChI=1S/C9H18O2/c1-6-7(10)4-9(2,3)5-8(6)11/h6-8,10-11H,4-5H2,1-3H3. The Morgan fingerprint density at radius 3 is 1.82 bits per heavy atom. The van der Waals surface area contributed by atoms with E-state index in [9.17, 15) is 10.2 Å². The SMILES string of the molecule is CC1C(O)CC(C)(C)CC1O. The van der Waals surface area contributed by atoms with Crippen molar-refractivity contribution in [3.8, 4) is 0 Å². The number of rotatable bonds is 0. The minimum Gasteiger partial charge on any atom is -0.393 e. The van der Waals surface area contributed by atoms with Gasteiger partial charge in [-0.1, -0.05) is 20.8 Å². The maximum Gasteiger partial charge on any atom is 0.0595 e. The van der Waals surface area contributed by atoms with E-state index in [1.54, 1.807) is 0 Å². The molecule has 0 heterocycles. The summed E-state index contributed by atoms with van der Waals surface area (Å²) in [6.45, 7) is 6.08. The molecular formula is C9H18O2. The van der Waals surface area contributed by atoms with Gasteiger partial charge < -0.3 is 10.2 Å². The molecule has 11 heavy (non-hydrogen) atoms. The molecule has 2 atom stereocenters. The molecule has 0 spiro atoms. The summed E-state index contributed by atoms with van der Waals surface area (Å²) in [6.07, 6.45) is 0.971. The van der Waals surface area contributed by atoms with E-state index in [1.165, 1.54) is 0 Å². The fourth-order valence-electron chi connectivity index (χ4n) is 1.84. The Labute approximate surface area is 68.2 Å². The van der Waals surface area contributed by atoms with E-state index in [0.29, 0.717) is 0 Å². The third-order valence-electron chi connectivity index (χ3n) is 2.74. The van der Waals surface area contributed by atoms with Crippen molar-refractivity contribution in [1.82, 2.24) is 0 Å². The Bertz CT molecular complexity index is 128. The molecule has 2 unspecified atom stereocenters. The van der Waals surface area contributed by atoms with Crippen LogP contribution in [0.1, 0.15) is 33.6 Å². The summed E-state index contributed by atoms with van der Waals surface area (Å²) in [4.78, 5) is 0. The van der Waals surface area contributed by atoms with Crippen molar-refractivity contribution in [1.29, 1.82) is 0 Å². The average Bonchev–Trinajstić information content (AvgIpc) is 1.81. The topological polar surface area (TPSA) is 40.5 Å². The number of aliphatic hydroxyl groups is 2. The summed E-state index contributed by atoms with van der Waals surface area (Å²) < 4.78 is 0. The molecule has 1 aliphatic carbocycles. The van der Waals surface area contributed by atoms with Crippen LogP contribution in [0.25, 0.3) is 0 Å². The van der Waals surface area contributed by atoms with Gasteiger partial charge in [0, 0.05) is 5.92 Å². The first-order valence-corrected chi connectivity index (χ1v) is 4.28. The summed E-state index contributed by atoms with van der Waals surface area (Å²) in [5, 5.41) is 19.0. The number of aliphatic hydroxyl groups excluding tert-OH is 2. The lowest BCUT2D eigenvalue weighted by molar-refractivity contribution is -0.0606. The summed E-state index contributed by atoms with van der Waals surface area (Å²) in [6, 6.07) is 0. The minimum absolute atomic E-state index is 0.0445. The quantitative estimate of drug-likeness (QED) is 0.555. The van der Waals surface area contributed by atoms with Crippen LogP contribution in [-0.4, -0.2) is 22.4 Å². The fraction of sp³-hybridized carbons (Fsp3) is 1.00. The van der Waals surface area contributed by atoms with Crippen LogP contribution < -0.4 is 0 Å². The highest BCUT2D eigenvalue weighted by Gasteiger charge is 2.37. The van der Waals surface area contributed by atoms with Crippen molar-refractivity contribution >= 4 is 0 Å². The van der Waals surface area contributed by atoms with Crippen molar-refractivity contribution in [3.63, 3.8) is 0 Å². The average molecular weight is 158 g/mol. The zero-order chi connectivity index (χ0) is 8.65. The molecule has 0 saturated heterocycles. The van der Waals surface area contributed by atoms with Crippen LogP contribution in [0.15, 0.2) is 0 Å². The lowest BCUT2D eigenvalue weighted by atomic mass is 9.70. The Kier molecular flexibility index (Phi) is 2.26. The van der Waals surface area contributed by atoms with Gasteiger partial charge in [0.2, 0.25) is 0 Å². The molecule has 2 nitrogen and oxygen atoms in total. The Morgan fingerprint density at radius 2 is 1.45 bits per heavy atom. The van der Waals surface area contributed by atoms with E-state index in [0.717, 1.165) is 12.8 Å². The predicted octanol–water partition coefficient (Wildman–Crippen LogP) is 1.16. The molecule has 1 saturated carbocycles. The fourth-order valence-corrected chi connectivity index (χ4v) is 1.84. The van der Waals surface area contributed by atoms with Gasteiger partial charge in [-0.05, 0) is 18.3 Å². The van der Waals surface area contributed by atoms with Gasteiger partial charge in [0.1, 0.15) is 0 Å². The summed E-state index contributed by atoms with van der Waals surface area (Å²) in [5.74, 6) is 0.0445. The van der Waals surface area contributed by atoms with Crippen molar-refractivity contribution in [2.45, 2.75) is 45.8 Å². The van der Waals surface area contributed by atoms with Crippen LogP contribution in [0.5, 0.6) is 0 Å². The number of hydrogen-bond acceptors (Lipinski definition) is 2. The first kappa shape index (κ1) is 9.01. The van der Waals surface area contributed by atoms with E-state index in [1.807, 2.05) is 6.92 Å². The molecule has 0 radical (unpaired) electrons. The molecule has 0 aromatic heterocycles. The Morgan fingerprint density at radius 1 is 1.09 bits per heavy atom. The zero-order valence-electron chi connectivity index (χ0n) is 7.54. The van der Waals surface area contributed by atoms with Gasteiger partial charge >= 0.3 is 0 Å². The first-order chi connectivity index (χ1) is 4.92. The molecule has 2 heteroatoms. The smallest absolute Gasteiger partial charge is 0.0595 e. The molecule has 0 bridgehead atoms. The van der Waals surface area contributed by atoms with Gasteiger partial charge in [-0.2, -0.15) is 0 Å². The maximum atomic E-state index is 9.52. The highest BCUT2D eigenvalue weighted by atomic mass is 16.3. The second-order valence-electron chi connectivity index (χ2n) is 4.57. The summed E-state index contributed by atoms with van der Waals surface area (Å²) in [5.41, 5.74) is 0.103. The minimum atomic E-state index is -0.325. The third kappa shape index (κ3) is 1.94. The van der Waals surface area contributed by atoms with Crippen LogP contribution in [0.4, 0.5) is 0 Å². The van der Waals surface area contributed by atoms with E-state index in [4.69, 9.17) is 0 Å². The normalized spacial score (nSPS) is 43.9. The molecule has 0 aromatic carbocycles. The monoisotopic (exact) mass is 158 g/mol. The Hall–Kier alpha value is -0.0800. The van der Waals surface area contributed by atoms with Gasteiger partial charge in [-0.25, -0.2) is 0 Å². The molecule has 1 fully saturated rings. The first-order valence-electron chi connectivity index (χ1n) is 4.28. The van der Waals surface area contributed by atoms with Crippen LogP contribution in [-0.2, 0) is 0 Å². The number of hydrogen-bond donors (Lipinski definition) is 2.